The highest BCUT2D eigenvalue weighted by Gasteiger charge is 2.06. The molecular weight excluding hydrogens is 178 g/mol. The van der Waals surface area contributed by atoms with Crippen LogP contribution in [0.2, 0.25) is 0 Å². The Morgan fingerprint density at radius 1 is 1.29 bits per heavy atom. The van der Waals surface area contributed by atoms with E-state index >= 15 is 0 Å². The fraction of sp³-hybridized carbons (Fsp3) is 0. The Morgan fingerprint density at radius 3 is 3.14 bits per heavy atom. The lowest BCUT2D eigenvalue weighted by molar-refractivity contribution is 0.603. The van der Waals surface area contributed by atoms with Crippen molar-refractivity contribution in [1.82, 2.24) is 15.0 Å². The molecule has 0 aliphatic carbocycles. The van der Waals surface area contributed by atoms with Crippen molar-refractivity contribution >= 4 is 11.1 Å². The summed E-state index contributed by atoms with van der Waals surface area (Å²) in [6.45, 7) is 0. The smallest absolute Gasteiger partial charge is 0.226 e. The number of fused-ring (bicyclic) bond motifs is 1. The molecular formula is C10H7N3O. The van der Waals surface area contributed by atoms with Crippen molar-refractivity contribution in [2.75, 3.05) is 0 Å². The third-order valence-corrected chi connectivity index (χ3v) is 2.16. The van der Waals surface area contributed by atoms with Gasteiger partial charge in [-0.3, -0.25) is 0 Å². The number of aromatic nitrogens is 3. The number of hydrogen-bond donors (Lipinski definition) is 1. The maximum Gasteiger partial charge on any atom is 0.226 e. The van der Waals surface area contributed by atoms with Crippen molar-refractivity contribution in [3.8, 4) is 11.3 Å². The van der Waals surface area contributed by atoms with Gasteiger partial charge in [-0.2, -0.15) is 0 Å². The summed E-state index contributed by atoms with van der Waals surface area (Å²) in [5.41, 5.74) is 2.68. The normalized spacial score (nSPS) is 10.9. The Hall–Kier alpha value is -2.10. The molecule has 14 heavy (non-hydrogen) atoms. The van der Waals surface area contributed by atoms with E-state index < -0.39 is 0 Å². The molecule has 3 aromatic rings. The average Bonchev–Trinajstić information content (AvgIpc) is 2.88. The molecule has 0 spiro atoms. The third-order valence-electron chi connectivity index (χ3n) is 2.16. The Bertz CT molecular complexity index is 554. The molecule has 4 nitrogen and oxygen atoms in total. The molecule has 0 atom stereocenters. The monoisotopic (exact) mass is 185 g/mol. The van der Waals surface area contributed by atoms with Crippen LogP contribution < -0.4 is 0 Å². The number of furan rings is 1. The zero-order valence-electron chi connectivity index (χ0n) is 7.27. The van der Waals surface area contributed by atoms with Crippen molar-refractivity contribution in [3.63, 3.8) is 0 Å². The van der Waals surface area contributed by atoms with Gasteiger partial charge >= 0.3 is 0 Å². The Morgan fingerprint density at radius 2 is 2.29 bits per heavy atom. The number of aromatic amines is 1. The van der Waals surface area contributed by atoms with Crippen molar-refractivity contribution in [2.45, 2.75) is 0 Å². The zero-order valence-corrected chi connectivity index (χ0v) is 7.27. The van der Waals surface area contributed by atoms with Crippen LogP contribution in [0.5, 0.6) is 0 Å². The fourth-order valence-electron chi connectivity index (χ4n) is 1.51. The standard InChI is InChI=1S/C10H7N3O/c1-3-12-10-8(2-4-14-10)7(1)9-5-11-6-13-9/h1-6H,(H,11,13). The summed E-state index contributed by atoms with van der Waals surface area (Å²) in [5, 5.41) is 0.997. The quantitative estimate of drug-likeness (QED) is 0.632. The van der Waals surface area contributed by atoms with Gasteiger partial charge in [-0.1, -0.05) is 0 Å². The number of hydrogen-bond acceptors (Lipinski definition) is 3. The van der Waals surface area contributed by atoms with Gasteiger partial charge in [-0.15, -0.1) is 0 Å². The number of imidazole rings is 1. The first-order chi connectivity index (χ1) is 6.95. The predicted octanol–water partition coefficient (Wildman–Crippen LogP) is 2.22. The van der Waals surface area contributed by atoms with Crippen LogP contribution in [0.4, 0.5) is 0 Å². The van der Waals surface area contributed by atoms with Crippen molar-refractivity contribution in [1.29, 1.82) is 0 Å². The second kappa shape index (κ2) is 2.70. The van der Waals surface area contributed by atoms with Crippen LogP contribution in [-0.4, -0.2) is 15.0 Å². The summed E-state index contributed by atoms with van der Waals surface area (Å²) in [7, 11) is 0. The molecule has 68 valence electrons. The Kier molecular flexibility index (Phi) is 1.41. The summed E-state index contributed by atoms with van der Waals surface area (Å²) in [6, 6.07) is 3.84. The Balaban J connectivity index is 2.36. The average molecular weight is 185 g/mol. The number of nitrogens with one attached hydrogen (secondary N) is 1. The zero-order chi connectivity index (χ0) is 9.38. The molecule has 1 N–H and O–H groups in total. The maximum absolute atomic E-state index is 5.21. The SMILES string of the molecule is c1cc(-c2cnc[nH]2)c2ccoc2n1. The first kappa shape index (κ1) is 7.32. The van der Waals surface area contributed by atoms with Gasteiger partial charge in [0.25, 0.3) is 0 Å². The summed E-state index contributed by atoms with van der Waals surface area (Å²) >= 11 is 0. The first-order valence-electron chi connectivity index (χ1n) is 4.26. The second-order valence-corrected chi connectivity index (χ2v) is 2.96. The molecule has 0 radical (unpaired) electrons. The topological polar surface area (TPSA) is 54.7 Å². The van der Waals surface area contributed by atoms with Gasteiger partial charge in [-0.25, -0.2) is 9.97 Å². The lowest BCUT2D eigenvalue weighted by Gasteiger charge is -1.97. The molecule has 0 aliphatic rings. The summed E-state index contributed by atoms with van der Waals surface area (Å²) in [4.78, 5) is 11.1. The van der Waals surface area contributed by atoms with Crippen molar-refractivity contribution < 1.29 is 4.42 Å². The molecule has 0 bridgehead atoms. The third kappa shape index (κ3) is 0.939. The van der Waals surface area contributed by atoms with E-state index in [4.69, 9.17) is 4.42 Å². The summed E-state index contributed by atoms with van der Waals surface area (Å²) in [5.74, 6) is 0. The van der Waals surface area contributed by atoms with E-state index in [2.05, 4.69) is 15.0 Å². The lowest BCUT2D eigenvalue weighted by Crippen LogP contribution is -1.80. The van der Waals surface area contributed by atoms with Gasteiger partial charge in [0.2, 0.25) is 5.71 Å². The highest BCUT2D eigenvalue weighted by atomic mass is 16.3. The van der Waals surface area contributed by atoms with E-state index in [9.17, 15) is 0 Å². The lowest BCUT2D eigenvalue weighted by atomic mass is 10.1. The molecule has 0 unspecified atom stereocenters. The highest BCUT2D eigenvalue weighted by Crippen LogP contribution is 2.25. The van der Waals surface area contributed by atoms with E-state index in [0.29, 0.717) is 5.71 Å². The number of nitrogens with zero attached hydrogens (tertiary/aromatic N) is 2. The van der Waals surface area contributed by atoms with Crippen molar-refractivity contribution in [2.24, 2.45) is 0 Å². The van der Waals surface area contributed by atoms with E-state index in [1.54, 1.807) is 25.0 Å². The largest absolute Gasteiger partial charge is 0.446 e. The van der Waals surface area contributed by atoms with Gasteiger partial charge in [0.05, 0.1) is 24.5 Å². The van der Waals surface area contributed by atoms with Crippen LogP contribution in [0.25, 0.3) is 22.4 Å². The molecule has 0 amide bonds. The van der Waals surface area contributed by atoms with E-state index in [-0.39, 0.29) is 0 Å². The van der Waals surface area contributed by atoms with Gasteiger partial charge in [-0.05, 0) is 12.1 Å². The number of H-pyrrole nitrogens is 1. The van der Waals surface area contributed by atoms with Crippen LogP contribution in [0.15, 0.2) is 41.5 Å². The van der Waals surface area contributed by atoms with Crippen LogP contribution >= 0.6 is 0 Å². The van der Waals surface area contributed by atoms with Gasteiger partial charge < -0.3 is 9.40 Å². The van der Waals surface area contributed by atoms with E-state index in [0.717, 1.165) is 16.6 Å². The number of rotatable bonds is 1. The van der Waals surface area contributed by atoms with Crippen LogP contribution in [0.3, 0.4) is 0 Å². The van der Waals surface area contributed by atoms with Gasteiger partial charge in [0.15, 0.2) is 0 Å². The molecule has 3 rings (SSSR count). The molecule has 3 aromatic heterocycles. The fourth-order valence-corrected chi connectivity index (χ4v) is 1.51. The minimum Gasteiger partial charge on any atom is -0.446 e. The minimum atomic E-state index is 0.650. The molecule has 0 fully saturated rings. The Labute approximate surface area is 79.6 Å². The van der Waals surface area contributed by atoms with Crippen LogP contribution in [0, 0.1) is 0 Å². The van der Waals surface area contributed by atoms with Gasteiger partial charge in [0, 0.05) is 17.1 Å². The highest BCUT2D eigenvalue weighted by molar-refractivity contribution is 5.90. The first-order valence-corrected chi connectivity index (χ1v) is 4.26. The van der Waals surface area contributed by atoms with E-state index in [1.807, 2.05) is 12.1 Å². The molecule has 0 saturated heterocycles. The maximum atomic E-state index is 5.21. The van der Waals surface area contributed by atoms with Crippen LogP contribution in [0.1, 0.15) is 0 Å². The molecule has 3 heterocycles. The summed E-state index contributed by atoms with van der Waals surface area (Å²) < 4.78 is 5.21. The molecule has 4 heteroatoms. The molecule has 0 aromatic carbocycles. The van der Waals surface area contributed by atoms with Crippen LogP contribution in [-0.2, 0) is 0 Å². The van der Waals surface area contributed by atoms with Crippen molar-refractivity contribution in [3.05, 3.63) is 37.1 Å². The van der Waals surface area contributed by atoms with E-state index in [1.165, 1.54) is 0 Å². The summed E-state index contributed by atoms with van der Waals surface area (Å²) in [6.07, 6.45) is 6.79. The minimum absolute atomic E-state index is 0.650. The predicted molar refractivity (Wildman–Crippen MR) is 51.6 cm³/mol. The second-order valence-electron chi connectivity index (χ2n) is 2.96. The van der Waals surface area contributed by atoms with Gasteiger partial charge in [0.1, 0.15) is 0 Å². The molecule has 0 aliphatic heterocycles. The molecule has 0 saturated carbocycles. The number of pyridine rings is 1.